The van der Waals surface area contributed by atoms with Crippen LogP contribution in [0.15, 0.2) is 55.1 Å². The van der Waals surface area contributed by atoms with Gasteiger partial charge in [-0.3, -0.25) is 10.1 Å². The van der Waals surface area contributed by atoms with Crippen molar-refractivity contribution in [3.05, 3.63) is 71.4 Å². The summed E-state index contributed by atoms with van der Waals surface area (Å²) in [6.07, 6.45) is 4.89. The van der Waals surface area contributed by atoms with Crippen LogP contribution in [0.2, 0.25) is 5.02 Å². The molecule has 4 aromatic rings. The smallest absolute Gasteiger partial charge is 0.278 e. The van der Waals surface area contributed by atoms with E-state index >= 15 is 0 Å². The molecule has 4 rings (SSSR count). The molecular formula is C16H12ClN7O. The lowest BCUT2D eigenvalue weighted by Crippen LogP contribution is -2.14. The molecule has 0 saturated heterocycles. The fraction of sp³-hybridized carbons (Fsp3) is 0.0625. The quantitative estimate of drug-likeness (QED) is 0.608. The van der Waals surface area contributed by atoms with E-state index in [1.54, 1.807) is 29.2 Å². The Balaban J connectivity index is 1.49. The van der Waals surface area contributed by atoms with E-state index in [0.29, 0.717) is 17.2 Å². The van der Waals surface area contributed by atoms with Crippen molar-refractivity contribution in [3.63, 3.8) is 0 Å². The van der Waals surface area contributed by atoms with Crippen molar-refractivity contribution in [1.82, 2.24) is 29.4 Å². The molecule has 1 amide bonds. The molecule has 1 aromatic carbocycles. The largest absolute Gasteiger partial charge is 0.288 e. The molecule has 0 aliphatic carbocycles. The fourth-order valence-electron chi connectivity index (χ4n) is 2.34. The summed E-state index contributed by atoms with van der Waals surface area (Å²) >= 11 is 6.14. The number of aromatic nitrogens is 6. The van der Waals surface area contributed by atoms with Gasteiger partial charge in [0, 0.05) is 23.5 Å². The molecule has 0 aliphatic rings. The number of hydrogen-bond acceptors (Lipinski definition) is 5. The molecule has 1 N–H and O–H groups in total. The summed E-state index contributed by atoms with van der Waals surface area (Å²) in [7, 11) is 0. The second-order valence-electron chi connectivity index (χ2n) is 5.26. The summed E-state index contributed by atoms with van der Waals surface area (Å²) < 4.78 is 3.13. The first-order valence-electron chi connectivity index (χ1n) is 7.44. The number of carbonyl (C=O) groups excluding carboxylic acids is 1. The van der Waals surface area contributed by atoms with E-state index in [2.05, 4.69) is 25.5 Å². The molecule has 0 saturated carbocycles. The lowest BCUT2D eigenvalue weighted by molar-refractivity contribution is 0.102. The maximum absolute atomic E-state index is 12.3. The third kappa shape index (κ3) is 3.20. The average molecular weight is 354 g/mol. The number of hydrogen-bond donors (Lipinski definition) is 1. The van der Waals surface area contributed by atoms with Crippen LogP contribution in [-0.4, -0.2) is 35.3 Å². The van der Waals surface area contributed by atoms with E-state index in [9.17, 15) is 4.79 Å². The molecule has 0 unspecified atom stereocenters. The molecule has 0 spiro atoms. The first kappa shape index (κ1) is 15.3. The molecule has 124 valence electrons. The summed E-state index contributed by atoms with van der Waals surface area (Å²) in [5.41, 5.74) is 1.74. The van der Waals surface area contributed by atoms with Crippen LogP contribution in [0.1, 0.15) is 16.1 Å². The van der Waals surface area contributed by atoms with Crippen LogP contribution >= 0.6 is 11.6 Å². The van der Waals surface area contributed by atoms with Crippen LogP contribution < -0.4 is 5.32 Å². The Labute approximate surface area is 147 Å². The minimum atomic E-state index is -0.402. The molecule has 25 heavy (non-hydrogen) atoms. The third-order valence-corrected chi connectivity index (χ3v) is 3.89. The van der Waals surface area contributed by atoms with Gasteiger partial charge in [-0.2, -0.15) is 5.10 Å². The minimum Gasteiger partial charge on any atom is -0.288 e. The van der Waals surface area contributed by atoms with E-state index in [-0.39, 0.29) is 11.6 Å². The predicted octanol–water partition coefficient (Wildman–Crippen LogP) is 2.27. The number of amides is 1. The topological polar surface area (TPSA) is 90.0 Å². The highest BCUT2D eigenvalue weighted by molar-refractivity contribution is 6.31. The number of nitrogens with one attached hydrogen (secondary N) is 1. The standard InChI is InChI=1S/C16H12ClN7O/c17-12-5-2-1-4-11(12)9-23-10-19-16(22-23)20-15(25)13-8-14-18-6-3-7-24(14)21-13/h1-8,10H,9H2,(H,20,22,25). The number of anilines is 1. The highest BCUT2D eigenvalue weighted by atomic mass is 35.5. The lowest BCUT2D eigenvalue weighted by atomic mass is 10.2. The van der Waals surface area contributed by atoms with E-state index < -0.39 is 5.91 Å². The van der Waals surface area contributed by atoms with Gasteiger partial charge in [0.2, 0.25) is 5.95 Å². The number of benzene rings is 1. The molecule has 3 aromatic heterocycles. The van der Waals surface area contributed by atoms with Crippen LogP contribution in [0.5, 0.6) is 0 Å². The van der Waals surface area contributed by atoms with E-state index in [1.807, 2.05) is 24.3 Å². The van der Waals surface area contributed by atoms with E-state index in [1.165, 1.54) is 10.8 Å². The zero-order valence-corrected chi connectivity index (χ0v) is 13.6. The maximum atomic E-state index is 12.3. The molecule has 0 fully saturated rings. The Morgan fingerprint density at radius 2 is 2.04 bits per heavy atom. The number of carbonyl (C=O) groups is 1. The Morgan fingerprint density at radius 1 is 1.16 bits per heavy atom. The van der Waals surface area contributed by atoms with Gasteiger partial charge in [0.15, 0.2) is 11.3 Å². The zero-order chi connectivity index (χ0) is 17.2. The highest BCUT2D eigenvalue weighted by Crippen LogP contribution is 2.16. The molecule has 8 nitrogen and oxygen atoms in total. The van der Waals surface area contributed by atoms with Gasteiger partial charge in [-0.15, -0.1) is 5.10 Å². The lowest BCUT2D eigenvalue weighted by Gasteiger charge is -2.03. The minimum absolute atomic E-state index is 0.196. The van der Waals surface area contributed by atoms with Gasteiger partial charge in [0.1, 0.15) is 6.33 Å². The van der Waals surface area contributed by atoms with E-state index in [0.717, 1.165) is 5.56 Å². The van der Waals surface area contributed by atoms with Crippen molar-refractivity contribution in [3.8, 4) is 0 Å². The molecule has 9 heteroatoms. The Kier molecular flexibility index (Phi) is 3.87. The Morgan fingerprint density at radius 3 is 2.88 bits per heavy atom. The normalized spacial score (nSPS) is 10.9. The Bertz CT molecular complexity index is 1020. The molecule has 3 heterocycles. The molecule has 0 aliphatic heterocycles. The van der Waals surface area contributed by atoms with Crippen molar-refractivity contribution < 1.29 is 4.79 Å². The number of nitrogens with zero attached hydrogens (tertiary/aromatic N) is 6. The van der Waals surface area contributed by atoms with Crippen molar-refractivity contribution in [2.75, 3.05) is 5.32 Å². The van der Waals surface area contributed by atoms with Gasteiger partial charge in [-0.1, -0.05) is 29.8 Å². The maximum Gasteiger partial charge on any atom is 0.278 e. The number of halogens is 1. The average Bonchev–Trinajstić information content (AvgIpc) is 3.23. The van der Waals surface area contributed by atoms with Crippen LogP contribution in [0.4, 0.5) is 5.95 Å². The summed E-state index contributed by atoms with van der Waals surface area (Å²) in [4.78, 5) is 20.5. The second kappa shape index (κ2) is 6.33. The van der Waals surface area contributed by atoms with Gasteiger partial charge in [-0.25, -0.2) is 19.2 Å². The van der Waals surface area contributed by atoms with Crippen LogP contribution in [0, 0.1) is 0 Å². The summed E-state index contributed by atoms with van der Waals surface area (Å²) in [6, 6.07) is 10.8. The molecule has 0 radical (unpaired) electrons. The van der Waals surface area contributed by atoms with Gasteiger partial charge >= 0.3 is 0 Å². The van der Waals surface area contributed by atoms with Crippen molar-refractivity contribution >= 4 is 29.1 Å². The van der Waals surface area contributed by atoms with Crippen LogP contribution in [-0.2, 0) is 6.54 Å². The SMILES string of the molecule is O=C(Nc1ncn(Cc2ccccc2Cl)n1)c1cc2ncccn2n1. The zero-order valence-electron chi connectivity index (χ0n) is 12.9. The number of rotatable bonds is 4. The van der Waals surface area contributed by atoms with Crippen molar-refractivity contribution in [1.29, 1.82) is 0 Å². The molecule has 0 atom stereocenters. The molecule has 0 bridgehead atoms. The van der Waals surface area contributed by atoms with Crippen molar-refractivity contribution in [2.24, 2.45) is 0 Å². The number of fused-ring (bicyclic) bond motifs is 1. The fourth-order valence-corrected chi connectivity index (χ4v) is 2.53. The van der Waals surface area contributed by atoms with Gasteiger partial charge in [0.25, 0.3) is 5.91 Å². The first-order valence-corrected chi connectivity index (χ1v) is 7.81. The van der Waals surface area contributed by atoms with Gasteiger partial charge < -0.3 is 0 Å². The van der Waals surface area contributed by atoms with Crippen LogP contribution in [0.25, 0.3) is 5.65 Å². The summed E-state index contributed by atoms with van der Waals surface area (Å²) in [5, 5.41) is 11.7. The van der Waals surface area contributed by atoms with Crippen LogP contribution in [0.3, 0.4) is 0 Å². The molecular weight excluding hydrogens is 342 g/mol. The summed E-state index contributed by atoms with van der Waals surface area (Å²) in [5.74, 6) is -0.205. The van der Waals surface area contributed by atoms with Crippen molar-refractivity contribution in [2.45, 2.75) is 6.54 Å². The first-order chi connectivity index (χ1) is 12.2. The van der Waals surface area contributed by atoms with E-state index in [4.69, 9.17) is 11.6 Å². The van der Waals surface area contributed by atoms with Gasteiger partial charge in [0.05, 0.1) is 6.54 Å². The third-order valence-electron chi connectivity index (χ3n) is 3.52. The van der Waals surface area contributed by atoms with Gasteiger partial charge in [-0.05, 0) is 17.7 Å². The Hall–Kier alpha value is -3.26. The summed E-state index contributed by atoms with van der Waals surface area (Å²) in [6.45, 7) is 0.459. The monoisotopic (exact) mass is 353 g/mol. The second-order valence-corrected chi connectivity index (χ2v) is 5.67. The highest BCUT2D eigenvalue weighted by Gasteiger charge is 2.14. The predicted molar refractivity (Wildman–Crippen MR) is 91.5 cm³/mol.